The van der Waals surface area contributed by atoms with Gasteiger partial charge in [0.1, 0.15) is 5.75 Å². The molecule has 0 unspecified atom stereocenters. The van der Waals surface area contributed by atoms with E-state index >= 15 is 0 Å². The van der Waals surface area contributed by atoms with Crippen molar-refractivity contribution in [3.63, 3.8) is 0 Å². The molecule has 0 aliphatic heterocycles. The fraction of sp³-hybridized carbons (Fsp3) is 0.0833. The molecule has 1 amide bonds. The molecule has 0 saturated carbocycles. The van der Waals surface area contributed by atoms with E-state index in [9.17, 15) is 23.8 Å². The van der Waals surface area contributed by atoms with Gasteiger partial charge in [-0.05, 0) is 67.1 Å². The Labute approximate surface area is 203 Å². The predicted octanol–water partition coefficient (Wildman–Crippen LogP) is 6.03. The van der Waals surface area contributed by atoms with E-state index in [1.165, 1.54) is 12.1 Å². The summed E-state index contributed by atoms with van der Waals surface area (Å²) >= 11 is 12.4. The molecule has 174 valence electrons. The molecule has 0 spiro atoms. The van der Waals surface area contributed by atoms with E-state index < -0.39 is 23.3 Å². The highest BCUT2D eigenvalue weighted by Gasteiger charge is 2.22. The molecule has 0 fully saturated rings. The molecule has 0 radical (unpaired) electrons. The number of nitrogens with zero attached hydrogens (tertiary/aromatic N) is 2. The topological polar surface area (TPSA) is 87.4 Å². The Balaban J connectivity index is 1.74. The molecule has 0 atom stereocenters. The van der Waals surface area contributed by atoms with Gasteiger partial charge >= 0.3 is 0 Å². The van der Waals surface area contributed by atoms with Crippen molar-refractivity contribution in [3.8, 4) is 28.4 Å². The van der Waals surface area contributed by atoms with Crippen molar-refractivity contribution in [2.75, 3.05) is 5.32 Å². The van der Waals surface area contributed by atoms with Gasteiger partial charge in [0.25, 0.3) is 0 Å². The molecule has 34 heavy (non-hydrogen) atoms. The highest BCUT2D eigenvalue weighted by atomic mass is 35.5. The van der Waals surface area contributed by atoms with E-state index in [2.05, 4.69) is 10.4 Å². The number of carbonyl (C=O) groups excluding carboxylic acids is 1. The van der Waals surface area contributed by atoms with Crippen molar-refractivity contribution >= 4 is 34.8 Å². The molecule has 4 aromatic rings. The standard InChI is InChI=1S/C24H17Cl2F2N3O3/c1-12-19(11-21(33)29-18-8-7-17(27)22(28)24(18)34)30-31(20-9-4-14(25)10-16(20)26)23(12)13-2-5-15(32)6-3-13/h2-10,32,34H,11H2,1H3,(H,29,33). The summed E-state index contributed by atoms with van der Waals surface area (Å²) < 4.78 is 28.4. The van der Waals surface area contributed by atoms with Crippen molar-refractivity contribution in [1.29, 1.82) is 0 Å². The average Bonchev–Trinajstić information content (AvgIpc) is 3.10. The molecular formula is C24H17Cl2F2N3O3. The SMILES string of the molecule is Cc1c(CC(=O)Nc2ccc(F)c(F)c2O)nn(-c2ccc(Cl)cc2Cl)c1-c1ccc(O)cc1. The van der Waals surface area contributed by atoms with Crippen molar-refractivity contribution in [2.45, 2.75) is 13.3 Å². The van der Waals surface area contributed by atoms with Crippen molar-refractivity contribution < 1.29 is 23.8 Å². The van der Waals surface area contributed by atoms with Gasteiger partial charge in [-0.15, -0.1) is 0 Å². The minimum absolute atomic E-state index is 0.0860. The van der Waals surface area contributed by atoms with E-state index in [1.807, 2.05) is 0 Å². The summed E-state index contributed by atoms with van der Waals surface area (Å²) in [5.74, 6) is -4.20. The lowest BCUT2D eigenvalue weighted by Gasteiger charge is -2.11. The van der Waals surface area contributed by atoms with Gasteiger partial charge in [-0.3, -0.25) is 4.79 Å². The number of anilines is 1. The summed E-state index contributed by atoms with van der Waals surface area (Å²) in [6.07, 6.45) is -0.229. The van der Waals surface area contributed by atoms with Crippen LogP contribution in [-0.4, -0.2) is 25.9 Å². The molecule has 0 aliphatic rings. The Morgan fingerprint density at radius 3 is 2.44 bits per heavy atom. The predicted molar refractivity (Wildman–Crippen MR) is 126 cm³/mol. The van der Waals surface area contributed by atoms with Crippen LogP contribution in [0.5, 0.6) is 11.5 Å². The summed E-state index contributed by atoms with van der Waals surface area (Å²) in [6.45, 7) is 1.77. The van der Waals surface area contributed by atoms with E-state index in [-0.39, 0.29) is 17.9 Å². The zero-order valence-electron chi connectivity index (χ0n) is 17.6. The van der Waals surface area contributed by atoms with Crippen LogP contribution in [0.3, 0.4) is 0 Å². The summed E-state index contributed by atoms with van der Waals surface area (Å²) in [6, 6.07) is 13.2. The number of benzene rings is 3. The summed E-state index contributed by atoms with van der Waals surface area (Å²) in [7, 11) is 0. The van der Waals surface area contributed by atoms with Gasteiger partial charge in [-0.1, -0.05) is 23.2 Å². The molecule has 4 rings (SSSR count). The second-order valence-corrected chi connectivity index (χ2v) is 8.30. The number of carbonyl (C=O) groups is 1. The highest BCUT2D eigenvalue weighted by Crippen LogP contribution is 2.34. The average molecular weight is 504 g/mol. The fourth-order valence-electron chi connectivity index (χ4n) is 3.48. The van der Waals surface area contributed by atoms with Crippen molar-refractivity contribution in [2.24, 2.45) is 0 Å². The van der Waals surface area contributed by atoms with E-state index in [0.717, 1.165) is 12.1 Å². The van der Waals surface area contributed by atoms with Crippen LogP contribution in [0.1, 0.15) is 11.3 Å². The van der Waals surface area contributed by atoms with E-state index in [1.54, 1.807) is 41.9 Å². The number of phenolic OH excluding ortho intramolecular Hbond substituents is 2. The van der Waals surface area contributed by atoms with Gasteiger partial charge in [0, 0.05) is 10.6 Å². The first-order chi connectivity index (χ1) is 16.2. The maximum atomic E-state index is 13.6. The first-order valence-electron chi connectivity index (χ1n) is 9.96. The van der Waals surface area contributed by atoms with Crippen LogP contribution >= 0.6 is 23.2 Å². The fourth-order valence-corrected chi connectivity index (χ4v) is 3.97. The lowest BCUT2D eigenvalue weighted by Crippen LogP contribution is -2.16. The zero-order valence-corrected chi connectivity index (χ0v) is 19.1. The van der Waals surface area contributed by atoms with Crippen LogP contribution in [0.4, 0.5) is 14.5 Å². The summed E-state index contributed by atoms with van der Waals surface area (Å²) in [5, 5.41) is 27.2. The number of halogens is 4. The van der Waals surface area contributed by atoms with Crippen LogP contribution in [0.25, 0.3) is 16.9 Å². The van der Waals surface area contributed by atoms with Crippen LogP contribution in [0.2, 0.25) is 10.0 Å². The Morgan fingerprint density at radius 2 is 1.76 bits per heavy atom. The second-order valence-electron chi connectivity index (χ2n) is 7.46. The number of aromatic nitrogens is 2. The lowest BCUT2D eigenvalue weighted by molar-refractivity contribution is -0.115. The van der Waals surface area contributed by atoms with Crippen LogP contribution in [0, 0.1) is 18.6 Å². The number of phenols is 2. The van der Waals surface area contributed by atoms with Gasteiger partial charge in [-0.2, -0.15) is 9.49 Å². The van der Waals surface area contributed by atoms with E-state index in [4.69, 9.17) is 23.2 Å². The molecular weight excluding hydrogens is 487 g/mol. The minimum atomic E-state index is -1.45. The Bertz CT molecular complexity index is 1410. The first-order valence-corrected chi connectivity index (χ1v) is 10.7. The van der Waals surface area contributed by atoms with Crippen LogP contribution in [0.15, 0.2) is 54.6 Å². The third-order valence-electron chi connectivity index (χ3n) is 5.17. The van der Waals surface area contributed by atoms with Crippen LogP contribution in [-0.2, 0) is 11.2 Å². The monoisotopic (exact) mass is 503 g/mol. The molecule has 1 heterocycles. The number of amides is 1. The molecule has 0 bridgehead atoms. The normalized spacial score (nSPS) is 11.0. The third-order valence-corrected chi connectivity index (χ3v) is 5.71. The number of aromatic hydroxyl groups is 2. The van der Waals surface area contributed by atoms with Gasteiger partial charge in [-0.25, -0.2) is 9.07 Å². The quantitative estimate of drug-likeness (QED) is 0.290. The lowest BCUT2D eigenvalue weighted by atomic mass is 10.0. The number of nitrogens with one attached hydrogen (secondary N) is 1. The first kappa shape index (κ1) is 23.5. The summed E-state index contributed by atoms with van der Waals surface area (Å²) in [4.78, 5) is 12.7. The van der Waals surface area contributed by atoms with Crippen molar-refractivity contribution in [3.05, 3.63) is 87.5 Å². The third kappa shape index (κ3) is 4.55. The van der Waals surface area contributed by atoms with Gasteiger partial charge in [0.2, 0.25) is 11.7 Å². The Morgan fingerprint density at radius 1 is 1.06 bits per heavy atom. The molecule has 10 heteroatoms. The maximum absolute atomic E-state index is 13.6. The van der Waals surface area contributed by atoms with Crippen LogP contribution < -0.4 is 5.32 Å². The minimum Gasteiger partial charge on any atom is -0.508 e. The Kier molecular flexibility index (Phi) is 6.45. The maximum Gasteiger partial charge on any atom is 0.230 e. The molecule has 0 aliphatic carbocycles. The zero-order chi connectivity index (χ0) is 24.6. The van der Waals surface area contributed by atoms with E-state index in [0.29, 0.717) is 38.2 Å². The number of hydrogen-bond acceptors (Lipinski definition) is 4. The largest absolute Gasteiger partial charge is 0.508 e. The molecule has 6 nitrogen and oxygen atoms in total. The number of rotatable bonds is 5. The van der Waals surface area contributed by atoms with Gasteiger partial charge in [0.15, 0.2) is 11.6 Å². The molecule has 1 aromatic heterocycles. The molecule has 3 N–H and O–H groups in total. The Hall–Kier alpha value is -3.62. The van der Waals surface area contributed by atoms with Gasteiger partial charge < -0.3 is 15.5 Å². The smallest absolute Gasteiger partial charge is 0.230 e. The highest BCUT2D eigenvalue weighted by molar-refractivity contribution is 6.35. The number of hydrogen-bond donors (Lipinski definition) is 3. The second kappa shape index (κ2) is 9.32. The van der Waals surface area contributed by atoms with Crippen molar-refractivity contribution in [1.82, 2.24) is 9.78 Å². The molecule has 0 saturated heterocycles. The molecule has 3 aromatic carbocycles. The summed E-state index contributed by atoms with van der Waals surface area (Å²) in [5.41, 5.74) is 2.62. The van der Waals surface area contributed by atoms with Gasteiger partial charge in [0.05, 0.1) is 34.2 Å².